The van der Waals surface area contributed by atoms with Crippen LogP contribution >= 0.6 is 22.9 Å². The van der Waals surface area contributed by atoms with Gasteiger partial charge in [-0.2, -0.15) is 0 Å². The number of benzene rings is 1. The van der Waals surface area contributed by atoms with Crippen LogP contribution in [0.15, 0.2) is 54.0 Å². The average molecular weight is 467 g/mol. The van der Waals surface area contributed by atoms with Crippen LogP contribution in [0.4, 0.5) is 0 Å². The van der Waals surface area contributed by atoms with Gasteiger partial charge in [-0.25, -0.2) is 9.55 Å². The molecule has 0 fully saturated rings. The number of ether oxygens (including phenoxy) is 1. The van der Waals surface area contributed by atoms with Gasteiger partial charge in [-0.15, -0.1) is 4.98 Å². The molecule has 0 aliphatic heterocycles. The normalized spacial score (nSPS) is 12.0. The van der Waals surface area contributed by atoms with Crippen molar-refractivity contribution >= 4 is 34.0 Å². The molecule has 4 heterocycles. The number of H-pyrrole nitrogens is 1. The van der Waals surface area contributed by atoms with E-state index in [4.69, 9.17) is 16.3 Å². The van der Waals surface area contributed by atoms with Crippen molar-refractivity contribution in [2.45, 2.75) is 6.92 Å². The van der Waals surface area contributed by atoms with Gasteiger partial charge in [-0.05, 0) is 36.8 Å². The second kappa shape index (κ2) is 7.77. The lowest BCUT2D eigenvalue weighted by Gasteiger charge is -2.05. The largest absolute Gasteiger partial charge is 0.503 e. The summed E-state index contributed by atoms with van der Waals surface area (Å²) in [5.74, 6) is 0.885. The number of pyridine rings is 1. The highest BCUT2D eigenvalue weighted by Crippen LogP contribution is 2.35. The summed E-state index contributed by atoms with van der Waals surface area (Å²) in [6.45, 7) is 1.97. The van der Waals surface area contributed by atoms with Crippen LogP contribution in [0, 0.1) is 6.92 Å². The maximum atomic E-state index is 12.9. The van der Waals surface area contributed by atoms with Crippen molar-refractivity contribution in [2.75, 3.05) is 7.11 Å². The third-order valence-corrected chi connectivity index (χ3v) is 6.22. The van der Waals surface area contributed by atoms with Crippen LogP contribution in [-0.2, 0) is 0 Å². The van der Waals surface area contributed by atoms with E-state index in [-0.39, 0.29) is 22.1 Å². The molecule has 8 nitrogen and oxygen atoms in total. The first kappa shape index (κ1) is 20.2. The Morgan fingerprint density at radius 1 is 1.34 bits per heavy atom. The molecule has 0 amide bonds. The van der Waals surface area contributed by atoms with Crippen LogP contribution in [0.2, 0.25) is 5.02 Å². The van der Waals surface area contributed by atoms with Crippen LogP contribution in [0.3, 0.4) is 0 Å². The van der Waals surface area contributed by atoms with E-state index in [9.17, 15) is 9.90 Å². The zero-order valence-electron chi connectivity index (χ0n) is 17.0. The fraction of sp³-hybridized carbons (Fsp3) is 0.0909. The Morgan fingerprint density at radius 3 is 2.84 bits per heavy atom. The van der Waals surface area contributed by atoms with Gasteiger partial charge in [0.05, 0.1) is 22.4 Å². The fourth-order valence-electron chi connectivity index (χ4n) is 3.33. The Morgan fingerprint density at radius 2 is 2.19 bits per heavy atom. The molecule has 0 radical (unpaired) electrons. The van der Waals surface area contributed by atoms with Gasteiger partial charge in [0.1, 0.15) is 18.1 Å². The lowest BCUT2D eigenvalue weighted by atomic mass is 10.2. The number of aryl methyl sites for hydroxylation is 1. The zero-order chi connectivity index (χ0) is 22.4. The van der Waals surface area contributed by atoms with Crippen molar-refractivity contribution in [2.24, 2.45) is 0 Å². The Balaban J connectivity index is 1.50. The molecule has 5 aromatic rings. The van der Waals surface area contributed by atoms with Crippen molar-refractivity contribution in [3.8, 4) is 28.6 Å². The van der Waals surface area contributed by atoms with Crippen LogP contribution in [0.25, 0.3) is 28.1 Å². The summed E-state index contributed by atoms with van der Waals surface area (Å²) in [7, 11) is 1.44. The van der Waals surface area contributed by atoms with E-state index in [1.54, 1.807) is 30.6 Å². The number of methoxy groups -OCH3 is 1. The lowest BCUT2D eigenvalue weighted by Crippen LogP contribution is -2.28. The number of halogens is 1. The molecule has 5 rings (SSSR count). The van der Waals surface area contributed by atoms with E-state index < -0.39 is 0 Å². The summed E-state index contributed by atoms with van der Waals surface area (Å²) < 4.78 is 9.03. The number of aromatic hydroxyl groups is 1. The first-order chi connectivity index (χ1) is 15.4. The topological polar surface area (TPSA) is 96.4 Å². The van der Waals surface area contributed by atoms with E-state index in [1.807, 2.05) is 36.1 Å². The molecule has 10 heteroatoms. The molecule has 0 unspecified atom stereocenters. The Labute approximate surface area is 190 Å². The second-order valence-electron chi connectivity index (χ2n) is 7.15. The van der Waals surface area contributed by atoms with Gasteiger partial charge in [-0.1, -0.05) is 22.9 Å². The van der Waals surface area contributed by atoms with Gasteiger partial charge in [0.2, 0.25) is 0 Å². The number of rotatable bonds is 4. The summed E-state index contributed by atoms with van der Waals surface area (Å²) in [4.78, 5) is 25.7. The number of nitrogens with one attached hydrogen (secondary N) is 1. The molecular formula is C22H17ClN5O3S+. The number of nitrogens with zero attached hydrogens (tertiary/aromatic N) is 4. The number of aromatic nitrogens is 5. The van der Waals surface area contributed by atoms with E-state index in [1.165, 1.54) is 22.8 Å². The van der Waals surface area contributed by atoms with E-state index in [2.05, 4.69) is 15.0 Å². The number of hydrogen-bond donors (Lipinski definition) is 2. The van der Waals surface area contributed by atoms with E-state index in [0.29, 0.717) is 20.8 Å². The molecule has 1 aromatic carbocycles. The molecule has 0 saturated heterocycles. The van der Waals surface area contributed by atoms with Crippen LogP contribution in [0.1, 0.15) is 11.3 Å². The Hall–Kier alpha value is -3.69. The number of imidazole rings is 2. The van der Waals surface area contributed by atoms with Gasteiger partial charge in [0.25, 0.3) is 11.4 Å². The third kappa shape index (κ3) is 3.51. The van der Waals surface area contributed by atoms with Crippen LogP contribution in [-0.4, -0.2) is 31.6 Å². The Kier molecular flexibility index (Phi) is 4.91. The van der Waals surface area contributed by atoms with Crippen molar-refractivity contribution in [3.63, 3.8) is 0 Å². The molecule has 2 N–H and O–H groups in total. The molecule has 4 aromatic heterocycles. The first-order valence-electron chi connectivity index (χ1n) is 9.56. The van der Waals surface area contributed by atoms with Crippen molar-refractivity contribution in [3.05, 3.63) is 80.3 Å². The number of hydrogen-bond acceptors (Lipinski definition) is 6. The maximum Gasteiger partial charge on any atom is 0.274 e. The minimum Gasteiger partial charge on any atom is -0.503 e. The molecule has 0 aliphatic rings. The number of phenolic OH excluding ortho intramolecular Hbond substituents is 1. The van der Waals surface area contributed by atoms with Crippen molar-refractivity contribution < 1.29 is 14.4 Å². The minimum absolute atomic E-state index is 0.135. The molecule has 0 bridgehead atoms. The number of phenols is 1. The predicted octanol–water partition coefficient (Wildman–Crippen LogP) is 2.65. The summed E-state index contributed by atoms with van der Waals surface area (Å²) >= 11 is 7.32. The van der Waals surface area contributed by atoms with Gasteiger partial charge in [0, 0.05) is 17.8 Å². The van der Waals surface area contributed by atoms with Crippen molar-refractivity contribution in [1.82, 2.24) is 19.4 Å². The summed E-state index contributed by atoms with van der Waals surface area (Å²) in [5, 5.41) is 10.0. The molecular weight excluding hydrogens is 450 g/mol. The number of aromatic amines is 1. The fourth-order valence-corrected chi connectivity index (χ4v) is 4.51. The van der Waals surface area contributed by atoms with Gasteiger partial charge >= 0.3 is 0 Å². The quantitative estimate of drug-likeness (QED) is 0.397. The smallest absolute Gasteiger partial charge is 0.274 e. The summed E-state index contributed by atoms with van der Waals surface area (Å²) in [6.07, 6.45) is 8.93. The highest BCUT2D eigenvalue weighted by Gasteiger charge is 2.14. The lowest BCUT2D eigenvalue weighted by molar-refractivity contribution is -0.598. The van der Waals surface area contributed by atoms with Gasteiger partial charge < -0.3 is 9.84 Å². The predicted molar refractivity (Wildman–Crippen MR) is 122 cm³/mol. The van der Waals surface area contributed by atoms with Crippen LogP contribution < -0.4 is 19.4 Å². The molecule has 0 spiro atoms. The zero-order valence-corrected chi connectivity index (χ0v) is 18.6. The van der Waals surface area contributed by atoms with Crippen molar-refractivity contribution in [1.29, 1.82) is 0 Å². The molecule has 0 saturated carbocycles. The minimum atomic E-state index is -0.185. The SMILES string of the molecule is COc1cc(/C=c2\sc3nc(-c4ccc(-[n+]5c[nH]c(C)c5)nc4)cn3c2=O)cc(Cl)c1O. The average Bonchev–Trinajstić information content (AvgIpc) is 3.48. The Bertz CT molecular complexity index is 1570. The maximum absolute atomic E-state index is 12.9. The third-order valence-electron chi connectivity index (χ3n) is 4.95. The first-order valence-corrected chi connectivity index (χ1v) is 10.8. The summed E-state index contributed by atoms with van der Waals surface area (Å²) in [5.41, 5.74) is 2.98. The molecule has 160 valence electrons. The number of fused-ring (bicyclic) bond motifs is 1. The highest BCUT2D eigenvalue weighted by atomic mass is 35.5. The van der Waals surface area contributed by atoms with Crippen LogP contribution in [0.5, 0.6) is 11.5 Å². The molecule has 0 atom stereocenters. The monoisotopic (exact) mass is 466 g/mol. The van der Waals surface area contributed by atoms with E-state index >= 15 is 0 Å². The highest BCUT2D eigenvalue weighted by molar-refractivity contribution is 7.15. The van der Waals surface area contributed by atoms with Gasteiger partial charge in [-0.3, -0.25) is 14.2 Å². The van der Waals surface area contributed by atoms with E-state index in [0.717, 1.165) is 17.1 Å². The number of thiazole rings is 1. The van der Waals surface area contributed by atoms with Gasteiger partial charge in [0.15, 0.2) is 22.8 Å². The standard InChI is InChI=1S/C22H16ClN5O3S/c1-12-9-27(11-25-12)19-4-3-14(8-24-19)16-10-28-21(30)18(32-22(28)26-16)7-13-5-15(23)20(29)17(6-13)31-2/h3-11H,1-2H3,(H,29,30)/p+1. The summed E-state index contributed by atoms with van der Waals surface area (Å²) in [6, 6.07) is 7.01. The second-order valence-corrected chi connectivity index (χ2v) is 8.56. The molecule has 0 aliphatic carbocycles. The molecule has 32 heavy (non-hydrogen) atoms.